The molecule has 0 spiro atoms. The minimum atomic E-state index is -3.44. The molecule has 0 saturated heterocycles. The van der Waals surface area contributed by atoms with E-state index in [1.165, 1.54) is 72.8 Å². The van der Waals surface area contributed by atoms with Gasteiger partial charge in [0, 0.05) is 0 Å². The van der Waals surface area contributed by atoms with Crippen LogP contribution in [0.4, 0.5) is 26.3 Å². The summed E-state index contributed by atoms with van der Waals surface area (Å²) in [5.41, 5.74) is 3.91. The van der Waals surface area contributed by atoms with Gasteiger partial charge in [0.2, 0.25) is 0 Å². The second-order valence-corrected chi connectivity index (χ2v) is 21.0. The van der Waals surface area contributed by atoms with Crippen molar-refractivity contribution in [3.63, 3.8) is 0 Å². The van der Waals surface area contributed by atoms with Gasteiger partial charge in [-0.05, 0) is 142 Å². The molecule has 0 aromatic heterocycles. The zero-order valence-electron chi connectivity index (χ0n) is 27.8. The highest BCUT2D eigenvalue weighted by molar-refractivity contribution is 6.85. The Kier molecular flexibility index (Phi) is 11.4. The molecule has 0 saturated carbocycles. The molecule has 0 amide bonds. The Morgan fingerprint density at radius 1 is 0.294 bits per heavy atom. The maximum atomic E-state index is 14.8. The molecule has 6 aromatic carbocycles. The standard InChI is InChI=1S/C42H36F6OSi2/c43-37-13-1-7-31(19-37)25-50(26-32-8-2-14-38(44)20-32,27-33-9-3-15-39(45)21-33)49-51(28-34-10-4-16-40(46)22-34,29-35-11-5-17-41(47)23-35)30-36-12-6-18-42(48)24-36/h1-24H,25-30H2. The van der Waals surface area contributed by atoms with Crippen molar-refractivity contribution in [1.82, 2.24) is 0 Å². The molecular weight excluding hydrogens is 691 g/mol. The van der Waals surface area contributed by atoms with Crippen LogP contribution in [0, 0.1) is 34.9 Å². The number of hydrogen-bond donors (Lipinski definition) is 0. The largest absolute Gasteiger partial charge is 0.453 e. The second kappa shape index (κ2) is 16.1. The number of rotatable bonds is 14. The van der Waals surface area contributed by atoms with Gasteiger partial charge in [-0.15, -0.1) is 0 Å². The number of benzene rings is 6. The molecule has 6 aromatic rings. The Balaban J connectivity index is 1.60. The van der Waals surface area contributed by atoms with Crippen molar-refractivity contribution in [2.45, 2.75) is 36.3 Å². The smallest absolute Gasteiger partial charge is 0.192 e. The van der Waals surface area contributed by atoms with Gasteiger partial charge in [-0.1, -0.05) is 72.8 Å². The number of halogens is 6. The fourth-order valence-corrected chi connectivity index (χ4v) is 19.1. The van der Waals surface area contributed by atoms with Crippen molar-refractivity contribution in [2.75, 3.05) is 0 Å². The van der Waals surface area contributed by atoms with Crippen LogP contribution in [0.2, 0.25) is 0 Å². The second-order valence-electron chi connectivity index (χ2n) is 13.3. The molecule has 0 atom stereocenters. The van der Waals surface area contributed by atoms with Gasteiger partial charge in [0.25, 0.3) is 0 Å². The summed E-state index contributed by atoms with van der Waals surface area (Å²) in [4.78, 5) is 0. The molecule has 9 heteroatoms. The van der Waals surface area contributed by atoms with Crippen LogP contribution in [-0.2, 0) is 40.4 Å². The highest BCUT2D eigenvalue weighted by Gasteiger charge is 2.47. The average Bonchev–Trinajstić information content (AvgIpc) is 3.05. The van der Waals surface area contributed by atoms with Gasteiger partial charge < -0.3 is 4.12 Å². The minimum Gasteiger partial charge on any atom is -0.453 e. The molecule has 0 unspecified atom stereocenters. The Morgan fingerprint density at radius 2 is 0.471 bits per heavy atom. The quantitative estimate of drug-likeness (QED) is 0.0802. The molecule has 1 nitrogen and oxygen atoms in total. The monoisotopic (exact) mass is 726 g/mol. The summed E-state index contributed by atoms with van der Waals surface area (Å²) in [6.45, 7) is 0. The minimum absolute atomic E-state index is 0.266. The Hall–Kier alpha value is -4.71. The molecule has 51 heavy (non-hydrogen) atoms. The third-order valence-electron chi connectivity index (χ3n) is 8.92. The van der Waals surface area contributed by atoms with E-state index in [2.05, 4.69) is 0 Å². The lowest BCUT2D eigenvalue weighted by atomic mass is 10.2. The molecule has 0 aliphatic heterocycles. The van der Waals surface area contributed by atoms with Gasteiger partial charge in [0.05, 0.1) is 0 Å². The SMILES string of the molecule is Fc1cccc(C[Si](Cc2cccc(F)c2)(Cc2cccc(F)c2)O[Si](Cc2cccc(F)c2)(Cc2cccc(F)c2)Cc2cccc(F)c2)c1. The number of hydrogen-bond acceptors (Lipinski definition) is 1. The molecule has 0 bridgehead atoms. The van der Waals surface area contributed by atoms with Crippen molar-refractivity contribution >= 4 is 16.6 Å². The summed E-state index contributed by atoms with van der Waals surface area (Å²) in [6.07, 6.45) is 0. The van der Waals surface area contributed by atoms with Crippen LogP contribution >= 0.6 is 0 Å². The molecular formula is C42H36F6OSi2. The predicted molar refractivity (Wildman–Crippen MR) is 193 cm³/mol. The fraction of sp³-hybridized carbons (Fsp3) is 0.143. The van der Waals surface area contributed by atoms with E-state index in [0.717, 1.165) is 0 Å². The van der Waals surface area contributed by atoms with Crippen LogP contribution < -0.4 is 0 Å². The Morgan fingerprint density at radius 3 is 0.627 bits per heavy atom. The van der Waals surface area contributed by atoms with Crippen LogP contribution in [0.3, 0.4) is 0 Å². The summed E-state index contributed by atoms with van der Waals surface area (Å²) < 4.78 is 96.6. The summed E-state index contributed by atoms with van der Waals surface area (Å²) in [5, 5.41) is 0. The van der Waals surface area contributed by atoms with E-state index in [9.17, 15) is 26.3 Å². The molecule has 0 aliphatic rings. The maximum absolute atomic E-state index is 14.8. The fourth-order valence-electron chi connectivity index (χ4n) is 7.16. The zero-order chi connectivity index (χ0) is 35.8. The van der Waals surface area contributed by atoms with Gasteiger partial charge in [-0.3, -0.25) is 0 Å². The molecule has 0 aliphatic carbocycles. The van der Waals surface area contributed by atoms with E-state index in [-0.39, 0.29) is 36.3 Å². The van der Waals surface area contributed by atoms with Crippen molar-refractivity contribution in [2.24, 2.45) is 0 Å². The lowest BCUT2D eigenvalue weighted by Crippen LogP contribution is -2.60. The van der Waals surface area contributed by atoms with E-state index in [1.54, 1.807) is 72.8 Å². The average molecular weight is 727 g/mol. The van der Waals surface area contributed by atoms with E-state index in [1.807, 2.05) is 0 Å². The van der Waals surface area contributed by atoms with Crippen molar-refractivity contribution in [3.8, 4) is 0 Å². The van der Waals surface area contributed by atoms with E-state index < -0.39 is 51.5 Å². The highest BCUT2D eigenvalue weighted by Crippen LogP contribution is 2.34. The normalized spacial score (nSPS) is 11.9. The van der Waals surface area contributed by atoms with E-state index in [0.29, 0.717) is 33.4 Å². The maximum Gasteiger partial charge on any atom is 0.192 e. The lowest BCUT2D eigenvalue weighted by molar-refractivity contribution is 0.493. The van der Waals surface area contributed by atoms with Crippen molar-refractivity contribution in [3.05, 3.63) is 214 Å². The molecule has 0 N–H and O–H groups in total. The van der Waals surface area contributed by atoms with E-state index in [4.69, 9.17) is 4.12 Å². The molecule has 0 heterocycles. The van der Waals surface area contributed by atoms with Gasteiger partial charge in [0.15, 0.2) is 16.6 Å². The molecule has 6 rings (SSSR count). The van der Waals surface area contributed by atoms with Crippen LogP contribution in [0.1, 0.15) is 33.4 Å². The summed E-state index contributed by atoms with van der Waals surface area (Å²) >= 11 is 0. The first-order chi connectivity index (χ1) is 24.5. The van der Waals surface area contributed by atoms with Crippen LogP contribution in [0.5, 0.6) is 0 Å². The van der Waals surface area contributed by atoms with Gasteiger partial charge in [-0.2, -0.15) is 0 Å². The van der Waals surface area contributed by atoms with Crippen molar-refractivity contribution in [1.29, 1.82) is 0 Å². The predicted octanol–water partition coefficient (Wildman–Crippen LogP) is 10.4. The molecule has 260 valence electrons. The van der Waals surface area contributed by atoms with Crippen LogP contribution in [0.15, 0.2) is 146 Å². The van der Waals surface area contributed by atoms with Gasteiger partial charge in [-0.25, -0.2) is 26.3 Å². The summed E-state index contributed by atoms with van der Waals surface area (Å²) in [7, 11) is -6.89. The molecule has 0 fully saturated rings. The zero-order valence-corrected chi connectivity index (χ0v) is 29.8. The third-order valence-corrected chi connectivity index (χ3v) is 18.7. The van der Waals surface area contributed by atoms with Crippen molar-refractivity contribution < 1.29 is 30.5 Å². The lowest BCUT2D eigenvalue weighted by Gasteiger charge is -2.44. The van der Waals surface area contributed by atoms with Crippen LogP contribution in [0.25, 0.3) is 0 Å². The third kappa shape index (κ3) is 10.2. The topological polar surface area (TPSA) is 9.23 Å². The summed E-state index contributed by atoms with van der Waals surface area (Å²) in [5.74, 6) is -2.61. The van der Waals surface area contributed by atoms with Gasteiger partial charge >= 0.3 is 0 Å². The Bertz CT molecular complexity index is 1720. The highest BCUT2D eigenvalue weighted by atomic mass is 28.4. The van der Waals surface area contributed by atoms with Crippen LogP contribution in [-0.4, -0.2) is 16.6 Å². The first kappa shape index (κ1) is 36.1. The Labute approximate surface area is 296 Å². The first-order valence-corrected chi connectivity index (χ1v) is 21.8. The van der Waals surface area contributed by atoms with E-state index >= 15 is 0 Å². The first-order valence-electron chi connectivity index (χ1n) is 16.7. The molecule has 0 radical (unpaired) electrons. The summed E-state index contributed by atoms with van der Waals surface area (Å²) in [6, 6.07) is 38.9. The van der Waals surface area contributed by atoms with Gasteiger partial charge in [0.1, 0.15) is 34.9 Å².